The lowest BCUT2D eigenvalue weighted by atomic mass is 9.79. The molecule has 1 saturated carbocycles. The molecule has 0 aromatic rings. The van der Waals surface area contributed by atoms with Gasteiger partial charge in [-0.25, -0.2) is 0 Å². The molecule has 1 aliphatic rings. The van der Waals surface area contributed by atoms with Crippen molar-refractivity contribution >= 4 is 23.9 Å². The molecular weight excluding hydrogens is 268 g/mol. The summed E-state index contributed by atoms with van der Waals surface area (Å²) in [6.07, 6.45) is 2.25. The molecule has 0 saturated heterocycles. The Labute approximate surface area is 115 Å². The zero-order chi connectivity index (χ0) is 15.1. The van der Waals surface area contributed by atoms with Gasteiger partial charge in [0.2, 0.25) is 0 Å². The molecule has 4 N–H and O–H groups in total. The highest BCUT2D eigenvalue weighted by atomic mass is 16.6. The van der Waals surface area contributed by atoms with E-state index in [9.17, 15) is 19.2 Å². The fourth-order valence-electron chi connectivity index (χ4n) is 2.15. The standard InChI is InChI=1S/C12H18N2O6/c13-5-9(15)19-11(17)7-3-1-2-4-8(7)12(18)20-10(16)6-14/h7-8H,1-6,13-14H2. The van der Waals surface area contributed by atoms with Gasteiger partial charge < -0.3 is 20.9 Å². The van der Waals surface area contributed by atoms with E-state index in [1.54, 1.807) is 0 Å². The molecule has 0 heterocycles. The van der Waals surface area contributed by atoms with Crippen molar-refractivity contribution in [1.82, 2.24) is 0 Å². The monoisotopic (exact) mass is 286 g/mol. The minimum atomic E-state index is -0.856. The molecule has 8 heteroatoms. The molecule has 112 valence electrons. The molecule has 1 fully saturated rings. The summed E-state index contributed by atoms with van der Waals surface area (Å²) in [5.41, 5.74) is 10.1. The van der Waals surface area contributed by atoms with Gasteiger partial charge in [-0.3, -0.25) is 19.2 Å². The number of rotatable bonds is 4. The van der Waals surface area contributed by atoms with Crippen LogP contribution in [0.1, 0.15) is 25.7 Å². The van der Waals surface area contributed by atoms with E-state index in [1.165, 1.54) is 0 Å². The van der Waals surface area contributed by atoms with Crippen LogP contribution in [0.4, 0.5) is 0 Å². The molecule has 0 aliphatic heterocycles. The van der Waals surface area contributed by atoms with Crippen molar-refractivity contribution in [3.63, 3.8) is 0 Å². The highest BCUT2D eigenvalue weighted by Gasteiger charge is 2.39. The van der Waals surface area contributed by atoms with Crippen molar-refractivity contribution in [2.75, 3.05) is 13.1 Å². The largest absolute Gasteiger partial charge is 0.392 e. The van der Waals surface area contributed by atoms with Crippen LogP contribution < -0.4 is 11.5 Å². The van der Waals surface area contributed by atoms with Crippen LogP contribution in [0.5, 0.6) is 0 Å². The number of hydrogen-bond acceptors (Lipinski definition) is 8. The van der Waals surface area contributed by atoms with E-state index in [4.69, 9.17) is 11.5 Å². The number of carbonyl (C=O) groups excluding carboxylic acids is 4. The first-order valence-electron chi connectivity index (χ1n) is 6.38. The van der Waals surface area contributed by atoms with Gasteiger partial charge in [0, 0.05) is 0 Å². The molecule has 2 atom stereocenters. The molecule has 1 aliphatic carbocycles. The average molecular weight is 286 g/mol. The second kappa shape index (κ2) is 7.71. The van der Waals surface area contributed by atoms with Crippen LogP contribution >= 0.6 is 0 Å². The van der Waals surface area contributed by atoms with Gasteiger partial charge in [0.1, 0.15) is 0 Å². The number of nitrogens with two attached hydrogens (primary N) is 2. The highest BCUT2D eigenvalue weighted by molar-refractivity contribution is 5.93. The van der Waals surface area contributed by atoms with Gasteiger partial charge in [-0.2, -0.15) is 0 Å². The fourth-order valence-corrected chi connectivity index (χ4v) is 2.15. The Kier molecular flexibility index (Phi) is 6.26. The van der Waals surface area contributed by atoms with Crippen molar-refractivity contribution in [2.24, 2.45) is 23.3 Å². The van der Waals surface area contributed by atoms with Gasteiger partial charge in [-0.1, -0.05) is 12.8 Å². The molecule has 20 heavy (non-hydrogen) atoms. The molecule has 0 bridgehead atoms. The molecule has 2 unspecified atom stereocenters. The quantitative estimate of drug-likeness (QED) is 0.488. The Balaban J connectivity index is 2.70. The third-order valence-corrected chi connectivity index (χ3v) is 3.13. The molecule has 0 aromatic carbocycles. The molecule has 0 amide bonds. The first kappa shape index (κ1) is 16.3. The smallest absolute Gasteiger partial charge is 0.327 e. The predicted molar refractivity (Wildman–Crippen MR) is 65.8 cm³/mol. The topological polar surface area (TPSA) is 139 Å². The third kappa shape index (κ3) is 4.39. The van der Waals surface area contributed by atoms with E-state index in [2.05, 4.69) is 9.47 Å². The Hall–Kier alpha value is -1.80. The van der Waals surface area contributed by atoms with E-state index >= 15 is 0 Å². The second-order valence-corrected chi connectivity index (χ2v) is 4.49. The summed E-state index contributed by atoms with van der Waals surface area (Å²) in [5.74, 6) is -4.91. The SMILES string of the molecule is NCC(=O)OC(=O)C1CCCCC1C(=O)OC(=O)CN. The first-order chi connectivity index (χ1) is 9.49. The van der Waals surface area contributed by atoms with Crippen LogP contribution in [0.15, 0.2) is 0 Å². The summed E-state index contributed by atoms with van der Waals surface area (Å²) < 4.78 is 9.06. The van der Waals surface area contributed by atoms with Crippen LogP contribution in [0.2, 0.25) is 0 Å². The molecule has 0 aromatic heterocycles. The van der Waals surface area contributed by atoms with E-state index in [-0.39, 0.29) is 0 Å². The van der Waals surface area contributed by atoms with E-state index in [0.717, 1.165) is 12.8 Å². The summed E-state index contributed by atoms with van der Waals surface area (Å²) in [7, 11) is 0. The maximum Gasteiger partial charge on any atom is 0.327 e. The Bertz CT molecular complexity index is 371. The predicted octanol–water partition coefficient (Wildman–Crippen LogP) is -1.15. The number of hydrogen-bond donors (Lipinski definition) is 2. The van der Waals surface area contributed by atoms with Crippen molar-refractivity contribution in [3.05, 3.63) is 0 Å². The zero-order valence-electron chi connectivity index (χ0n) is 11.0. The van der Waals surface area contributed by atoms with Crippen molar-refractivity contribution in [2.45, 2.75) is 25.7 Å². The molecule has 0 radical (unpaired) electrons. The second-order valence-electron chi connectivity index (χ2n) is 4.49. The first-order valence-corrected chi connectivity index (χ1v) is 6.38. The summed E-state index contributed by atoms with van der Waals surface area (Å²) in [6.45, 7) is -0.835. The fraction of sp³-hybridized carbons (Fsp3) is 0.667. The Morgan fingerprint density at radius 2 is 1.15 bits per heavy atom. The summed E-state index contributed by atoms with van der Waals surface area (Å²) in [6, 6.07) is 0. The lowest BCUT2D eigenvalue weighted by molar-refractivity contribution is -0.172. The van der Waals surface area contributed by atoms with Gasteiger partial charge >= 0.3 is 23.9 Å². The average Bonchev–Trinajstić information content (AvgIpc) is 2.46. The highest BCUT2D eigenvalue weighted by Crippen LogP contribution is 2.32. The van der Waals surface area contributed by atoms with Crippen LogP contribution in [0.3, 0.4) is 0 Å². The number of carbonyl (C=O) groups is 4. The van der Waals surface area contributed by atoms with Crippen LogP contribution in [-0.4, -0.2) is 37.0 Å². The van der Waals surface area contributed by atoms with Crippen LogP contribution in [0.25, 0.3) is 0 Å². The lowest BCUT2D eigenvalue weighted by Crippen LogP contribution is -2.38. The molecule has 0 spiro atoms. The maximum absolute atomic E-state index is 11.8. The van der Waals surface area contributed by atoms with Crippen molar-refractivity contribution in [3.8, 4) is 0 Å². The summed E-state index contributed by atoms with van der Waals surface area (Å²) in [4.78, 5) is 45.7. The van der Waals surface area contributed by atoms with Crippen molar-refractivity contribution in [1.29, 1.82) is 0 Å². The van der Waals surface area contributed by atoms with Gasteiger partial charge in [0.25, 0.3) is 0 Å². The summed E-state index contributed by atoms with van der Waals surface area (Å²) >= 11 is 0. The van der Waals surface area contributed by atoms with Crippen molar-refractivity contribution < 1.29 is 28.7 Å². The molecule has 8 nitrogen and oxygen atoms in total. The maximum atomic E-state index is 11.8. The number of ether oxygens (including phenoxy) is 2. The number of esters is 4. The normalized spacial score (nSPS) is 21.9. The third-order valence-electron chi connectivity index (χ3n) is 3.13. The van der Waals surface area contributed by atoms with E-state index in [0.29, 0.717) is 12.8 Å². The van der Waals surface area contributed by atoms with Gasteiger partial charge in [0.05, 0.1) is 24.9 Å². The molecule has 1 rings (SSSR count). The summed E-state index contributed by atoms with van der Waals surface area (Å²) in [5, 5.41) is 0. The van der Waals surface area contributed by atoms with Gasteiger partial charge in [-0.05, 0) is 12.8 Å². The Morgan fingerprint density at radius 1 is 0.800 bits per heavy atom. The lowest BCUT2D eigenvalue weighted by Gasteiger charge is -2.27. The Morgan fingerprint density at radius 3 is 1.45 bits per heavy atom. The van der Waals surface area contributed by atoms with Crippen LogP contribution in [-0.2, 0) is 28.7 Å². The zero-order valence-corrected chi connectivity index (χ0v) is 11.0. The van der Waals surface area contributed by atoms with Gasteiger partial charge in [-0.15, -0.1) is 0 Å². The van der Waals surface area contributed by atoms with E-state index in [1.807, 2.05) is 0 Å². The minimum Gasteiger partial charge on any atom is -0.392 e. The van der Waals surface area contributed by atoms with Crippen LogP contribution in [0, 0.1) is 11.8 Å². The van der Waals surface area contributed by atoms with E-state index < -0.39 is 48.8 Å². The molecular formula is C12H18N2O6. The minimum absolute atomic E-state index is 0.396. The van der Waals surface area contributed by atoms with Gasteiger partial charge in [0.15, 0.2) is 0 Å².